The van der Waals surface area contributed by atoms with Gasteiger partial charge in [-0.15, -0.1) is 0 Å². The van der Waals surface area contributed by atoms with Gasteiger partial charge >= 0.3 is 0 Å². The number of nitrogens with zero attached hydrogens (tertiary/aromatic N) is 2. The second kappa shape index (κ2) is 14.0. The maximum absolute atomic E-state index is 9.32. The first-order chi connectivity index (χ1) is 16.4. The minimum absolute atomic E-state index is 0.0470. The van der Waals surface area contributed by atoms with Crippen LogP contribution in [0.25, 0.3) is 11.1 Å². The van der Waals surface area contributed by atoms with Crippen LogP contribution in [0, 0.1) is 13.8 Å². The summed E-state index contributed by atoms with van der Waals surface area (Å²) in [4.78, 5) is 9.00. The average Bonchev–Trinajstić information content (AvgIpc) is 2.84. The Morgan fingerprint density at radius 1 is 1.12 bits per heavy atom. The van der Waals surface area contributed by atoms with E-state index in [0.29, 0.717) is 6.54 Å². The van der Waals surface area contributed by atoms with Crippen LogP contribution in [-0.4, -0.2) is 43.5 Å². The zero-order valence-corrected chi connectivity index (χ0v) is 21.1. The lowest BCUT2D eigenvalue weighted by Gasteiger charge is -2.17. The Balaban J connectivity index is 2.54. The van der Waals surface area contributed by atoms with Gasteiger partial charge in [-0.3, -0.25) is 9.98 Å². The van der Waals surface area contributed by atoms with E-state index in [1.165, 1.54) is 5.56 Å². The molecule has 2 aromatic rings. The Bertz CT molecular complexity index is 1080. The molecule has 0 radical (unpaired) electrons. The lowest BCUT2D eigenvalue weighted by Crippen LogP contribution is -2.21. The average molecular weight is 460 g/mol. The maximum Gasteiger partial charge on any atom is 0.133 e. The molecule has 5 heteroatoms. The summed E-state index contributed by atoms with van der Waals surface area (Å²) < 4.78 is 5.90. The number of benzene rings is 2. The first kappa shape index (κ1) is 26.8. The largest absolute Gasteiger partial charge is 0.491 e. The summed E-state index contributed by atoms with van der Waals surface area (Å²) in [5.74, 6) is 1.46. The molecule has 0 aliphatic heterocycles. The molecule has 5 nitrogen and oxygen atoms in total. The number of aliphatic hydroxyl groups excluding tert-OH is 1. The zero-order chi connectivity index (χ0) is 24.9. The molecule has 0 fully saturated rings. The van der Waals surface area contributed by atoms with Crippen molar-refractivity contribution in [3.63, 3.8) is 0 Å². The third-order valence-electron chi connectivity index (χ3n) is 5.28. The van der Waals surface area contributed by atoms with Crippen LogP contribution in [0.5, 0.6) is 5.75 Å². The van der Waals surface area contributed by atoms with Crippen LogP contribution >= 0.6 is 0 Å². The summed E-state index contributed by atoms with van der Waals surface area (Å²) in [6.07, 6.45) is 8.76. The fourth-order valence-corrected chi connectivity index (χ4v) is 3.16. The molecule has 0 unspecified atom stereocenters. The molecular weight excluding hydrogens is 422 g/mol. The highest BCUT2D eigenvalue weighted by molar-refractivity contribution is 6.02. The molecule has 0 aromatic heterocycles. The Labute approximate surface area is 204 Å². The smallest absolute Gasteiger partial charge is 0.133 e. The van der Waals surface area contributed by atoms with Gasteiger partial charge in [0.25, 0.3) is 0 Å². The van der Waals surface area contributed by atoms with E-state index in [-0.39, 0.29) is 13.2 Å². The fourth-order valence-electron chi connectivity index (χ4n) is 3.16. The number of aryl methyl sites for hydroxylation is 1. The van der Waals surface area contributed by atoms with E-state index in [4.69, 9.17) is 9.73 Å². The summed E-state index contributed by atoms with van der Waals surface area (Å²) in [6.45, 7) is 12.9. The first-order valence-electron chi connectivity index (χ1n) is 11.6. The van der Waals surface area contributed by atoms with Gasteiger partial charge in [0, 0.05) is 23.9 Å². The van der Waals surface area contributed by atoms with Crippen molar-refractivity contribution in [3.05, 3.63) is 89.7 Å². The van der Waals surface area contributed by atoms with E-state index < -0.39 is 0 Å². The van der Waals surface area contributed by atoms with Gasteiger partial charge in [-0.05, 0) is 68.3 Å². The molecule has 2 aromatic carbocycles. The Morgan fingerprint density at radius 2 is 1.85 bits per heavy atom. The van der Waals surface area contributed by atoms with E-state index in [0.717, 1.165) is 51.5 Å². The minimum Gasteiger partial charge on any atom is -0.491 e. The quantitative estimate of drug-likeness (QED) is 0.253. The molecule has 0 spiro atoms. The summed E-state index contributed by atoms with van der Waals surface area (Å²) in [5.41, 5.74) is 7.02. The van der Waals surface area contributed by atoms with Crippen LogP contribution in [0.4, 0.5) is 0 Å². The van der Waals surface area contributed by atoms with E-state index in [1.807, 2.05) is 44.3 Å². The highest BCUT2D eigenvalue weighted by Crippen LogP contribution is 2.31. The predicted molar refractivity (Wildman–Crippen MR) is 145 cm³/mol. The zero-order valence-electron chi connectivity index (χ0n) is 21.1. The lowest BCUT2D eigenvalue weighted by atomic mass is 9.97. The maximum atomic E-state index is 9.32. The van der Waals surface area contributed by atoms with Crippen molar-refractivity contribution in [2.45, 2.75) is 34.1 Å². The topological polar surface area (TPSA) is 66.2 Å². The van der Waals surface area contributed by atoms with Gasteiger partial charge < -0.3 is 15.2 Å². The monoisotopic (exact) mass is 459 g/mol. The SMILES string of the molecule is C=C(/C=C\C(C)=NC)CN=C(N/C=C/CC)c1cc(-c2ccc(C)cc2)cc(OCCO)c1C. The molecule has 0 saturated heterocycles. The van der Waals surface area contributed by atoms with Crippen molar-refractivity contribution in [1.29, 1.82) is 0 Å². The van der Waals surface area contributed by atoms with Gasteiger partial charge in [-0.2, -0.15) is 0 Å². The summed E-state index contributed by atoms with van der Waals surface area (Å²) >= 11 is 0. The number of nitrogens with one attached hydrogen (secondary N) is 1. The number of allylic oxidation sites excluding steroid dienone is 2. The molecule has 2 N–H and O–H groups in total. The van der Waals surface area contributed by atoms with E-state index in [9.17, 15) is 5.11 Å². The Morgan fingerprint density at radius 3 is 2.50 bits per heavy atom. The second-order valence-electron chi connectivity index (χ2n) is 8.06. The van der Waals surface area contributed by atoms with E-state index in [1.54, 1.807) is 7.05 Å². The number of aliphatic imine (C=N–C) groups is 2. The van der Waals surface area contributed by atoms with Crippen molar-refractivity contribution in [2.24, 2.45) is 9.98 Å². The van der Waals surface area contributed by atoms with Crippen LogP contribution in [0.2, 0.25) is 0 Å². The molecule has 0 saturated carbocycles. The van der Waals surface area contributed by atoms with Crippen LogP contribution < -0.4 is 10.1 Å². The third-order valence-corrected chi connectivity index (χ3v) is 5.28. The lowest BCUT2D eigenvalue weighted by molar-refractivity contribution is 0.200. The number of amidine groups is 1. The molecule has 34 heavy (non-hydrogen) atoms. The number of hydrogen-bond acceptors (Lipinski definition) is 4. The van der Waals surface area contributed by atoms with Crippen LogP contribution in [0.3, 0.4) is 0 Å². The molecule has 0 aliphatic rings. The van der Waals surface area contributed by atoms with Gasteiger partial charge in [-0.1, -0.05) is 55.5 Å². The first-order valence-corrected chi connectivity index (χ1v) is 11.6. The summed E-state index contributed by atoms with van der Waals surface area (Å²) in [5, 5.41) is 12.7. The molecule has 180 valence electrons. The van der Waals surface area contributed by atoms with E-state index >= 15 is 0 Å². The normalized spacial score (nSPS) is 12.5. The summed E-state index contributed by atoms with van der Waals surface area (Å²) in [6, 6.07) is 12.5. The molecule has 0 bridgehead atoms. The van der Waals surface area contributed by atoms with Gasteiger partial charge in [0.1, 0.15) is 18.2 Å². The van der Waals surface area contributed by atoms with Gasteiger partial charge in [0.2, 0.25) is 0 Å². The van der Waals surface area contributed by atoms with Crippen molar-refractivity contribution in [3.8, 4) is 16.9 Å². The number of hydrogen-bond donors (Lipinski definition) is 2. The standard InChI is InChI=1S/C29H37N3O2/c1-7-8-15-31-29(32-20-22(3)9-12-23(4)30-6)27-18-26(25-13-10-21(2)11-14-25)19-28(24(27)5)34-17-16-33/h8-15,18-19,33H,3,7,16-17,20H2,1-2,4-6H3,(H,31,32)/b12-9-,15-8+,30-23?. The molecule has 0 aliphatic carbocycles. The van der Waals surface area contributed by atoms with Crippen molar-refractivity contribution in [1.82, 2.24) is 5.32 Å². The minimum atomic E-state index is -0.0470. The van der Waals surface area contributed by atoms with Crippen molar-refractivity contribution in [2.75, 3.05) is 26.8 Å². The van der Waals surface area contributed by atoms with Crippen molar-refractivity contribution < 1.29 is 9.84 Å². The highest BCUT2D eigenvalue weighted by atomic mass is 16.5. The van der Waals surface area contributed by atoms with Gasteiger partial charge in [0.15, 0.2) is 0 Å². The third kappa shape index (κ3) is 8.16. The molecule has 2 rings (SSSR count). The van der Waals surface area contributed by atoms with Crippen molar-refractivity contribution >= 4 is 11.5 Å². The van der Waals surface area contributed by atoms with Crippen LogP contribution in [-0.2, 0) is 0 Å². The second-order valence-corrected chi connectivity index (χ2v) is 8.06. The van der Waals surface area contributed by atoms with E-state index in [2.05, 4.69) is 61.1 Å². The van der Waals surface area contributed by atoms with Gasteiger partial charge in [0.05, 0.1) is 13.2 Å². The van der Waals surface area contributed by atoms with Gasteiger partial charge in [-0.25, -0.2) is 0 Å². The van der Waals surface area contributed by atoms with Crippen LogP contribution in [0.15, 0.2) is 83.0 Å². The highest BCUT2D eigenvalue weighted by Gasteiger charge is 2.14. The number of ether oxygens (including phenoxy) is 1. The fraction of sp³-hybridized carbons (Fsp3) is 0.310. The predicted octanol–water partition coefficient (Wildman–Crippen LogP) is 5.80. The Kier molecular flexibility index (Phi) is 11.0. The number of rotatable bonds is 11. The molecule has 0 amide bonds. The number of aliphatic hydroxyl groups is 1. The molecular formula is C29H37N3O2. The molecule has 0 heterocycles. The molecule has 0 atom stereocenters. The Hall–Kier alpha value is -3.44. The summed E-state index contributed by atoms with van der Waals surface area (Å²) in [7, 11) is 1.77. The van der Waals surface area contributed by atoms with Crippen LogP contribution in [0.1, 0.15) is 37.0 Å².